The molecule has 0 unspecified atom stereocenters. The van der Waals surface area contributed by atoms with Crippen molar-refractivity contribution in [3.63, 3.8) is 0 Å². The maximum atomic E-state index is 9.06. The van der Waals surface area contributed by atoms with Gasteiger partial charge < -0.3 is 5.11 Å². The molecule has 0 radical (unpaired) electrons. The number of amidine groups is 1. The van der Waals surface area contributed by atoms with Crippen molar-refractivity contribution in [3.05, 3.63) is 64.5 Å². The number of pyridine rings is 1. The van der Waals surface area contributed by atoms with Gasteiger partial charge >= 0.3 is 0 Å². The summed E-state index contributed by atoms with van der Waals surface area (Å²) < 4.78 is 0. The maximum absolute atomic E-state index is 9.06. The average molecular weight is 313 g/mol. The number of aliphatic hydroxyl groups excluding tert-OH is 1. The molecule has 5 nitrogen and oxygen atoms in total. The van der Waals surface area contributed by atoms with E-state index in [1.807, 2.05) is 23.7 Å². The Labute approximate surface area is 136 Å². The Balaban J connectivity index is 2.33. The summed E-state index contributed by atoms with van der Waals surface area (Å²) in [5.41, 5.74) is 6.40. The van der Waals surface area contributed by atoms with Gasteiger partial charge in [0.2, 0.25) is 0 Å². The number of rotatable bonds is 6. The lowest BCUT2D eigenvalue weighted by Gasteiger charge is -2.13. The third-order valence-electron chi connectivity index (χ3n) is 3.64. The zero-order valence-electron chi connectivity index (χ0n) is 13.5. The van der Waals surface area contributed by atoms with E-state index in [0.717, 1.165) is 17.5 Å². The first-order valence-corrected chi connectivity index (χ1v) is 7.69. The monoisotopic (exact) mass is 313 g/mol. The molecular formula is C18H23N3O2. The molecule has 0 bridgehead atoms. The highest BCUT2D eigenvalue weighted by atomic mass is 16.5. The van der Waals surface area contributed by atoms with Crippen LogP contribution in [0.25, 0.3) is 0 Å². The van der Waals surface area contributed by atoms with Gasteiger partial charge in [0.25, 0.3) is 0 Å². The Morgan fingerprint density at radius 3 is 2.52 bits per heavy atom. The van der Waals surface area contributed by atoms with Gasteiger partial charge in [-0.3, -0.25) is 21.1 Å². The van der Waals surface area contributed by atoms with Crippen molar-refractivity contribution in [2.75, 3.05) is 0 Å². The second-order valence-electron chi connectivity index (χ2n) is 6.07. The molecule has 0 atom stereocenters. The van der Waals surface area contributed by atoms with Gasteiger partial charge in [0.15, 0.2) is 0 Å². The fraction of sp³-hybridized carbons (Fsp3) is 0.333. The van der Waals surface area contributed by atoms with Gasteiger partial charge in [-0.15, -0.1) is 0 Å². The third-order valence-corrected chi connectivity index (χ3v) is 3.64. The maximum Gasteiger partial charge on any atom is 0.149 e. The molecule has 2 aromatic rings. The number of hydrogen-bond acceptors (Lipinski definition) is 4. The molecule has 1 aromatic carbocycles. The minimum Gasteiger partial charge on any atom is -0.390 e. The standard InChI is InChI=1S/C18H23N3O2/c1-12(2)7-13-4-6-17(18(19)21-23)15(8-13)9-14-3-5-16(11-22)20-10-14/h3-6,8,10,12,22-23H,7,9,11H2,1-2H3,(H2,19,21). The third kappa shape index (κ3) is 4.61. The Bertz CT molecular complexity index is 666. The number of hydroxylamine groups is 1. The number of aliphatic hydroxyl groups is 1. The van der Waals surface area contributed by atoms with Crippen molar-refractivity contribution in [2.45, 2.75) is 33.3 Å². The molecule has 4 N–H and O–H groups in total. The summed E-state index contributed by atoms with van der Waals surface area (Å²) in [6.45, 7) is 4.26. The molecule has 23 heavy (non-hydrogen) atoms. The van der Waals surface area contributed by atoms with Crippen molar-refractivity contribution >= 4 is 5.84 Å². The second-order valence-corrected chi connectivity index (χ2v) is 6.07. The summed E-state index contributed by atoms with van der Waals surface area (Å²) in [5.74, 6) is 0.533. The van der Waals surface area contributed by atoms with Crippen LogP contribution in [0.15, 0.2) is 36.5 Å². The Morgan fingerprint density at radius 1 is 1.22 bits per heavy atom. The van der Waals surface area contributed by atoms with Crippen molar-refractivity contribution in [3.8, 4) is 0 Å². The van der Waals surface area contributed by atoms with Crippen LogP contribution in [0, 0.1) is 11.3 Å². The molecule has 1 heterocycles. The number of nitrogens with zero attached hydrogens (tertiary/aromatic N) is 1. The Morgan fingerprint density at radius 2 is 1.96 bits per heavy atom. The van der Waals surface area contributed by atoms with Crippen LogP contribution in [0.1, 0.15) is 41.8 Å². The smallest absolute Gasteiger partial charge is 0.149 e. The van der Waals surface area contributed by atoms with Crippen LogP contribution in [-0.2, 0) is 19.4 Å². The SMILES string of the molecule is CC(C)Cc1ccc(C(=N)NO)c(Cc2ccc(CO)nc2)c1. The summed E-state index contributed by atoms with van der Waals surface area (Å²) in [6.07, 6.45) is 3.32. The summed E-state index contributed by atoms with van der Waals surface area (Å²) in [7, 11) is 0. The van der Waals surface area contributed by atoms with E-state index in [1.54, 1.807) is 12.3 Å². The predicted molar refractivity (Wildman–Crippen MR) is 89.7 cm³/mol. The summed E-state index contributed by atoms with van der Waals surface area (Å²) in [6, 6.07) is 9.67. The molecule has 0 spiro atoms. The van der Waals surface area contributed by atoms with Crippen LogP contribution >= 0.6 is 0 Å². The zero-order chi connectivity index (χ0) is 16.8. The van der Waals surface area contributed by atoms with Crippen LogP contribution < -0.4 is 5.48 Å². The van der Waals surface area contributed by atoms with E-state index >= 15 is 0 Å². The summed E-state index contributed by atoms with van der Waals surface area (Å²) in [4.78, 5) is 4.19. The van der Waals surface area contributed by atoms with Gasteiger partial charge in [0.05, 0.1) is 12.3 Å². The highest BCUT2D eigenvalue weighted by Gasteiger charge is 2.10. The van der Waals surface area contributed by atoms with E-state index < -0.39 is 0 Å². The van der Waals surface area contributed by atoms with Gasteiger partial charge in [-0.1, -0.05) is 38.1 Å². The first-order valence-electron chi connectivity index (χ1n) is 7.69. The second kappa shape index (κ2) is 7.85. The van der Waals surface area contributed by atoms with Crippen molar-refractivity contribution < 1.29 is 10.3 Å². The van der Waals surface area contributed by atoms with E-state index in [1.165, 1.54) is 5.56 Å². The van der Waals surface area contributed by atoms with Gasteiger partial charge in [0, 0.05) is 11.8 Å². The molecule has 0 aliphatic heterocycles. The lowest BCUT2D eigenvalue weighted by atomic mass is 9.94. The summed E-state index contributed by atoms with van der Waals surface area (Å²) >= 11 is 0. The average Bonchev–Trinajstić information content (AvgIpc) is 2.54. The largest absolute Gasteiger partial charge is 0.390 e. The minimum atomic E-state index is -0.0749. The van der Waals surface area contributed by atoms with E-state index in [0.29, 0.717) is 23.6 Å². The van der Waals surface area contributed by atoms with Gasteiger partial charge in [-0.25, -0.2) is 0 Å². The van der Waals surface area contributed by atoms with E-state index in [4.69, 9.17) is 15.7 Å². The molecule has 122 valence electrons. The van der Waals surface area contributed by atoms with E-state index in [2.05, 4.69) is 24.9 Å². The molecule has 0 saturated carbocycles. The first kappa shape index (κ1) is 17.1. The van der Waals surface area contributed by atoms with Crippen LogP contribution in [0.5, 0.6) is 0 Å². The number of benzene rings is 1. The lowest BCUT2D eigenvalue weighted by molar-refractivity contribution is 0.234. The van der Waals surface area contributed by atoms with Gasteiger partial charge in [-0.2, -0.15) is 0 Å². The molecule has 0 amide bonds. The fourth-order valence-corrected chi connectivity index (χ4v) is 2.57. The molecule has 0 aliphatic rings. The predicted octanol–water partition coefficient (Wildman–Crippen LogP) is 2.67. The highest BCUT2D eigenvalue weighted by Crippen LogP contribution is 2.19. The highest BCUT2D eigenvalue weighted by molar-refractivity contribution is 5.97. The Hall–Kier alpha value is -2.24. The first-order chi connectivity index (χ1) is 11.0. The molecule has 5 heteroatoms. The van der Waals surface area contributed by atoms with Crippen molar-refractivity contribution in [2.24, 2.45) is 5.92 Å². The Kier molecular flexibility index (Phi) is 5.84. The van der Waals surface area contributed by atoms with Crippen LogP contribution in [0.3, 0.4) is 0 Å². The summed E-state index contributed by atoms with van der Waals surface area (Å²) in [5, 5.41) is 26.0. The topological polar surface area (TPSA) is 89.2 Å². The molecule has 1 aromatic heterocycles. The number of aromatic nitrogens is 1. The van der Waals surface area contributed by atoms with Crippen molar-refractivity contribution in [1.29, 1.82) is 5.41 Å². The lowest BCUT2D eigenvalue weighted by Crippen LogP contribution is -2.20. The quantitative estimate of drug-likeness (QED) is 0.375. The molecule has 0 aliphatic carbocycles. The zero-order valence-corrected chi connectivity index (χ0v) is 13.5. The van der Waals surface area contributed by atoms with Crippen LogP contribution in [-0.4, -0.2) is 21.1 Å². The van der Waals surface area contributed by atoms with Crippen molar-refractivity contribution in [1.82, 2.24) is 10.5 Å². The van der Waals surface area contributed by atoms with E-state index in [-0.39, 0.29) is 12.4 Å². The van der Waals surface area contributed by atoms with E-state index in [9.17, 15) is 0 Å². The number of nitrogens with one attached hydrogen (secondary N) is 2. The molecule has 0 saturated heterocycles. The molecule has 0 fully saturated rings. The molecular weight excluding hydrogens is 290 g/mol. The normalized spacial score (nSPS) is 10.8. The minimum absolute atomic E-state index is 0.0176. The molecule has 2 rings (SSSR count). The van der Waals surface area contributed by atoms with Gasteiger partial charge in [0.1, 0.15) is 5.84 Å². The number of hydrogen-bond donors (Lipinski definition) is 4. The van der Waals surface area contributed by atoms with Crippen LogP contribution in [0.2, 0.25) is 0 Å². The van der Waals surface area contributed by atoms with Gasteiger partial charge in [-0.05, 0) is 41.5 Å². The van der Waals surface area contributed by atoms with Crippen LogP contribution in [0.4, 0.5) is 0 Å². The fourth-order valence-electron chi connectivity index (χ4n) is 2.57.